The number of hydrogen-bond acceptors (Lipinski definition) is 4. The lowest BCUT2D eigenvalue weighted by molar-refractivity contribution is 0.0981. The van der Waals surface area contributed by atoms with Crippen molar-refractivity contribution < 1.29 is 14.3 Å². The van der Waals surface area contributed by atoms with Crippen LogP contribution in [0.3, 0.4) is 0 Å². The zero-order chi connectivity index (χ0) is 18.3. The van der Waals surface area contributed by atoms with Crippen LogP contribution in [0.5, 0.6) is 5.88 Å². The second-order valence-corrected chi connectivity index (χ2v) is 6.19. The topological polar surface area (TPSA) is 90.5 Å². The van der Waals surface area contributed by atoms with Crippen molar-refractivity contribution in [3.05, 3.63) is 53.9 Å². The second kappa shape index (κ2) is 6.18. The number of rotatable bonds is 3. The molecule has 0 unspecified atom stereocenters. The van der Waals surface area contributed by atoms with Gasteiger partial charge in [0.15, 0.2) is 0 Å². The first-order valence-corrected chi connectivity index (χ1v) is 8.33. The van der Waals surface area contributed by atoms with Gasteiger partial charge in [0.2, 0.25) is 11.8 Å². The zero-order valence-electron chi connectivity index (χ0n) is 14.3. The van der Waals surface area contributed by atoms with Gasteiger partial charge in [-0.3, -0.25) is 9.59 Å². The van der Waals surface area contributed by atoms with Crippen LogP contribution >= 0.6 is 0 Å². The van der Waals surface area contributed by atoms with Crippen molar-refractivity contribution in [3.8, 4) is 5.88 Å². The lowest BCUT2D eigenvalue weighted by Gasteiger charge is -2.20. The number of pyridine rings is 1. The maximum absolute atomic E-state index is 13.2. The summed E-state index contributed by atoms with van der Waals surface area (Å²) >= 11 is 0. The van der Waals surface area contributed by atoms with E-state index in [4.69, 9.17) is 10.5 Å². The van der Waals surface area contributed by atoms with E-state index in [9.17, 15) is 9.59 Å². The highest BCUT2D eigenvalue weighted by molar-refractivity contribution is 6.09. The van der Waals surface area contributed by atoms with Crippen LogP contribution in [-0.4, -0.2) is 35.0 Å². The number of benzene rings is 1. The molecule has 0 radical (unpaired) electrons. The van der Waals surface area contributed by atoms with Crippen molar-refractivity contribution >= 4 is 28.4 Å². The van der Waals surface area contributed by atoms with E-state index >= 15 is 0 Å². The molecule has 2 aromatic heterocycles. The largest absolute Gasteiger partial charge is 0.481 e. The van der Waals surface area contributed by atoms with Gasteiger partial charge in [0.1, 0.15) is 5.69 Å². The summed E-state index contributed by atoms with van der Waals surface area (Å²) in [5.41, 5.74) is 8.02. The Bertz CT molecular complexity index is 1020. The fourth-order valence-corrected chi connectivity index (χ4v) is 3.38. The van der Waals surface area contributed by atoms with Crippen molar-refractivity contribution in [1.82, 2.24) is 9.55 Å². The van der Waals surface area contributed by atoms with Gasteiger partial charge in [-0.15, -0.1) is 0 Å². The quantitative estimate of drug-likeness (QED) is 0.784. The van der Waals surface area contributed by atoms with Gasteiger partial charge in [-0.1, -0.05) is 6.07 Å². The second-order valence-electron chi connectivity index (χ2n) is 6.19. The number of ether oxygens (including phenoxy) is 1. The van der Waals surface area contributed by atoms with E-state index < -0.39 is 5.91 Å². The van der Waals surface area contributed by atoms with Gasteiger partial charge in [0, 0.05) is 41.8 Å². The highest BCUT2D eigenvalue weighted by atomic mass is 16.5. The maximum Gasteiger partial charge on any atom is 0.274 e. The van der Waals surface area contributed by atoms with Gasteiger partial charge in [0.25, 0.3) is 5.91 Å². The number of carbonyl (C=O) groups is 2. The molecule has 0 atom stereocenters. The van der Waals surface area contributed by atoms with Gasteiger partial charge in [-0.25, -0.2) is 4.98 Å². The summed E-state index contributed by atoms with van der Waals surface area (Å²) < 4.78 is 7.13. The molecule has 3 heterocycles. The average Bonchev–Trinajstić information content (AvgIpc) is 2.94. The van der Waals surface area contributed by atoms with Crippen LogP contribution in [0.15, 0.2) is 42.6 Å². The third-order valence-corrected chi connectivity index (χ3v) is 4.66. The standard InChI is InChI=1S/C19H18N4O3/c1-26-17-11-14(5-6-21-17)22-7-2-8-23-15-10-13(18(20)24)4-3-12(15)9-16(23)19(22)25/h3-6,9-11H,2,7-8H2,1H3,(H2,20,24). The molecule has 7 nitrogen and oxygen atoms in total. The molecule has 1 aromatic carbocycles. The normalized spacial score (nSPS) is 14.2. The van der Waals surface area contributed by atoms with Crippen molar-refractivity contribution in [2.45, 2.75) is 13.0 Å². The molecule has 2 amide bonds. The molecule has 132 valence electrons. The number of methoxy groups -OCH3 is 1. The fourth-order valence-electron chi connectivity index (χ4n) is 3.38. The molecule has 0 bridgehead atoms. The van der Waals surface area contributed by atoms with Crippen LogP contribution in [0.4, 0.5) is 5.69 Å². The molecule has 0 saturated heterocycles. The molecule has 0 spiro atoms. The highest BCUT2D eigenvalue weighted by Crippen LogP contribution is 2.28. The Morgan fingerprint density at radius 3 is 2.81 bits per heavy atom. The molecule has 0 fully saturated rings. The van der Waals surface area contributed by atoms with Crippen LogP contribution < -0.4 is 15.4 Å². The van der Waals surface area contributed by atoms with Crippen molar-refractivity contribution in [2.75, 3.05) is 18.6 Å². The first-order valence-electron chi connectivity index (χ1n) is 8.33. The van der Waals surface area contributed by atoms with Crippen LogP contribution in [-0.2, 0) is 6.54 Å². The maximum atomic E-state index is 13.2. The van der Waals surface area contributed by atoms with Crippen LogP contribution in [0, 0.1) is 0 Å². The van der Waals surface area contributed by atoms with Crippen LogP contribution in [0.25, 0.3) is 10.9 Å². The van der Waals surface area contributed by atoms with Crippen molar-refractivity contribution in [3.63, 3.8) is 0 Å². The molecule has 4 rings (SSSR count). The van der Waals surface area contributed by atoms with E-state index in [0.717, 1.165) is 23.0 Å². The van der Waals surface area contributed by atoms with Crippen molar-refractivity contribution in [1.29, 1.82) is 0 Å². The summed E-state index contributed by atoms with van der Waals surface area (Å²) in [6.45, 7) is 1.27. The number of aromatic nitrogens is 2. The van der Waals surface area contributed by atoms with Gasteiger partial charge >= 0.3 is 0 Å². The minimum absolute atomic E-state index is 0.0902. The summed E-state index contributed by atoms with van der Waals surface area (Å²) in [5, 5.41) is 0.910. The molecule has 26 heavy (non-hydrogen) atoms. The first kappa shape index (κ1) is 16.1. The SMILES string of the molecule is COc1cc(N2CCCn3c(cc4ccc(C(N)=O)cc43)C2=O)ccn1. The predicted octanol–water partition coefficient (Wildman–Crippen LogP) is 2.19. The molecule has 7 heteroatoms. The number of nitrogens with two attached hydrogens (primary N) is 1. The Balaban J connectivity index is 1.80. The van der Waals surface area contributed by atoms with Gasteiger partial charge in [-0.05, 0) is 30.7 Å². The van der Waals surface area contributed by atoms with E-state index in [1.54, 1.807) is 42.5 Å². The smallest absolute Gasteiger partial charge is 0.274 e. The van der Waals surface area contributed by atoms with E-state index in [0.29, 0.717) is 30.2 Å². The average molecular weight is 350 g/mol. The van der Waals surface area contributed by atoms with Crippen molar-refractivity contribution in [2.24, 2.45) is 5.73 Å². The molecule has 1 aliphatic rings. The Hall–Kier alpha value is -3.35. The Morgan fingerprint density at radius 1 is 1.19 bits per heavy atom. The molecule has 0 saturated carbocycles. The van der Waals surface area contributed by atoms with Crippen LogP contribution in [0.2, 0.25) is 0 Å². The minimum Gasteiger partial charge on any atom is -0.481 e. The predicted molar refractivity (Wildman–Crippen MR) is 97.5 cm³/mol. The fraction of sp³-hybridized carbons (Fsp3) is 0.211. The summed E-state index contributed by atoms with van der Waals surface area (Å²) in [5.74, 6) is -0.105. The number of fused-ring (bicyclic) bond motifs is 3. The first-order chi connectivity index (χ1) is 12.6. The van der Waals surface area contributed by atoms with Gasteiger partial charge < -0.3 is 19.9 Å². The number of anilines is 1. The zero-order valence-corrected chi connectivity index (χ0v) is 14.3. The molecule has 1 aliphatic heterocycles. The molecular formula is C19H18N4O3. The monoisotopic (exact) mass is 350 g/mol. The van der Waals surface area contributed by atoms with E-state index in [1.807, 2.05) is 16.7 Å². The van der Waals surface area contributed by atoms with Gasteiger partial charge in [0.05, 0.1) is 12.8 Å². The van der Waals surface area contributed by atoms with E-state index in [1.165, 1.54) is 0 Å². The highest BCUT2D eigenvalue weighted by Gasteiger charge is 2.26. The van der Waals surface area contributed by atoms with Crippen LogP contribution in [0.1, 0.15) is 27.3 Å². The third-order valence-electron chi connectivity index (χ3n) is 4.66. The number of hydrogen-bond donors (Lipinski definition) is 1. The lowest BCUT2D eigenvalue weighted by atomic mass is 10.1. The number of nitrogens with zero attached hydrogens (tertiary/aromatic N) is 3. The number of primary amides is 1. The lowest BCUT2D eigenvalue weighted by Crippen LogP contribution is -2.30. The third kappa shape index (κ3) is 2.57. The Labute approximate surface area is 150 Å². The summed E-state index contributed by atoms with van der Waals surface area (Å²) in [7, 11) is 1.55. The Morgan fingerprint density at radius 2 is 2.04 bits per heavy atom. The summed E-state index contributed by atoms with van der Waals surface area (Å²) in [6, 6.07) is 10.7. The molecule has 2 N–H and O–H groups in total. The number of amides is 2. The molecule has 0 aliphatic carbocycles. The molecular weight excluding hydrogens is 332 g/mol. The summed E-state index contributed by atoms with van der Waals surface area (Å²) in [6.07, 6.45) is 2.41. The minimum atomic E-state index is -0.479. The molecule has 3 aromatic rings. The number of carbonyl (C=O) groups excluding carboxylic acids is 2. The summed E-state index contributed by atoms with van der Waals surface area (Å²) in [4.78, 5) is 30.5. The van der Waals surface area contributed by atoms with Gasteiger partial charge in [-0.2, -0.15) is 0 Å². The number of aryl methyl sites for hydroxylation is 1. The Kier molecular flexibility index (Phi) is 3.84. The van der Waals surface area contributed by atoms with E-state index in [2.05, 4.69) is 4.98 Å². The van der Waals surface area contributed by atoms with E-state index in [-0.39, 0.29) is 5.91 Å².